The van der Waals surface area contributed by atoms with E-state index in [1.807, 2.05) is 34.6 Å². The molecule has 1 aromatic heterocycles. The van der Waals surface area contributed by atoms with Crippen LogP contribution in [0, 0.1) is 10.8 Å². The minimum absolute atomic E-state index is 0.0954. The summed E-state index contributed by atoms with van der Waals surface area (Å²) in [5, 5.41) is 23.0. The first-order valence-electron chi connectivity index (χ1n) is 8.41. The molecule has 2 N–H and O–H groups in total. The molecule has 1 aromatic rings. The van der Waals surface area contributed by atoms with Crippen LogP contribution in [0.3, 0.4) is 0 Å². The minimum atomic E-state index is -1.17. The highest BCUT2D eigenvalue weighted by atomic mass is 32.2. The second-order valence-electron chi connectivity index (χ2n) is 8.29. The van der Waals surface area contributed by atoms with Crippen LogP contribution in [0.2, 0.25) is 0 Å². The first-order chi connectivity index (χ1) is 11.4. The number of nitrogens with zero attached hydrogens (tertiary/aromatic N) is 1. The van der Waals surface area contributed by atoms with Crippen molar-refractivity contribution in [1.82, 2.24) is 5.16 Å². The molecule has 0 aromatic carbocycles. The highest BCUT2D eigenvalue weighted by molar-refractivity contribution is 7.95. The molecule has 0 saturated carbocycles. The summed E-state index contributed by atoms with van der Waals surface area (Å²) < 4.78 is 28.9. The molecule has 6 nitrogen and oxygen atoms in total. The topological polar surface area (TPSA) is 113 Å². The van der Waals surface area contributed by atoms with Crippen molar-refractivity contribution in [3.8, 4) is 5.88 Å². The lowest BCUT2D eigenvalue weighted by Gasteiger charge is -2.27. The molecule has 146 valence electrons. The lowest BCUT2D eigenvalue weighted by molar-refractivity contribution is 0.0827. The molecule has 8 heteroatoms. The molecule has 3 unspecified atom stereocenters. The Hall–Kier alpha value is -0.410. The van der Waals surface area contributed by atoms with Crippen LogP contribution < -0.4 is 0 Å². The van der Waals surface area contributed by atoms with E-state index in [1.54, 1.807) is 0 Å². The van der Waals surface area contributed by atoms with E-state index in [-0.39, 0.29) is 22.5 Å². The van der Waals surface area contributed by atoms with Crippen molar-refractivity contribution in [1.29, 1.82) is 0 Å². The molecule has 0 amide bonds. The predicted octanol–water partition coefficient (Wildman–Crippen LogP) is 2.24. The Morgan fingerprint density at radius 2 is 1.72 bits per heavy atom. The molecule has 0 spiro atoms. The van der Waals surface area contributed by atoms with Gasteiger partial charge in [-0.15, -0.1) is 0 Å². The molecule has 1 heterocycles. The number of aromatic hydroxyl groups is 1. The van der Waals surface area contributed by atoms with Crippen LogP contribution in [0.1, 0.15) is 46.6 Å². The maximum Gasteiger partial charge on any atom is 0.254 e. The van der Waals surface area contributed by atoms with Crippen molar-refractivity contribution in [2.75, 3.05) is 23.0 Å². The predicted molar refractivity (Wildman–Crippen MR) is 101 cm³/mol. The zero-order valence-electron chi connectivity index (χ0n) is 15.8. The molecule has 25 heavy (non-hydrogen) atoms. The fourth-order valence-electron chi connectivity index (χ4n) is 2.16. The number of hydrogen-bond donors (Lipinski definition) is 2. The van der Waals surface area contributed by atoms with Crippen molar-refractivity contribution in [3.05, 3.63) is 11.8 Å². The highest BCUT2D eigenvalue weighted by Crippen LogP contribution is 2.30. The van der Waals surface area contributed by atoms with Crippen molar-refractivity contribution in [2.45, 2.75) is 53.6 Å². The molecule has 0 aliphatic carbocycles. The van der Waals surface area contributed by atoms with E-state index < -0.39 is 28.5 Å². The zero-order chi connectivity index (χ0) is 19.3. The van der Waals surface area contributed by atoms with E-state index in [0.29, 0.717) is 35.7 Å². The summed E-state index contributed by atoms with van der Waals surface area (Å²) in [5.74, 6) is 1.35. The summed E-state index contributed by atoms with van der Waals surface area (Å²) in [7, 11) is 0. The van der Waals surface area contributed by atoms with Gasteiger partial charge in [0.1, 0.15) is 35.4 Å². The van der Waals surface area contributed by atoms with Crippen molar-refractivity contribution in [3.63, 3.8) is 0 Å². The molecular weight excluding hydrogens is 362 g/mol. The lowest BCUT2D eigenvalue weighted by Crippen LogP contribution is -2.35. The Labute approximate surface area is 156 Å². The first kappa shape index (κ1) is 22.6. The summed E-state index contributed by atoms with van der Waals surface area (Å²) in [6.07, 6.45) is 2.10. The van der Waals surface area contributed by atoms with Crippen LogP contribution >= 0.6 is 0 Å². The lowest BCUT2D eigenvalue weighted by atomic mass is 9.84. The van der Waals surface area contributed by atoms with Gasteiger partial charge in [-0.2, -0.15) is 0 Å². The summed E-state index contributed by atoms with van der Waals surface area (Å²) in [6, 6.07) is 0. The molecule has 0 saturated heterocycles. The molecule has 0 aliphatic rings. The second-order valence-corrected chi connectivity index (χ2v) is 11.6. The van der Waals surface area contributed by atoms with Crippen molar-refractivity contribution >= 4 is 22.4 Å². The van der Waals surface area contributed by atoms with Gasteiger partial charge >= 0.3 is 0 Å². The second kappa shape index (κ2) is 9.50. The summed E-state index contributed by atoms with van der Waals surface area (Å²) in [5.41, 5.74) is 0.195. The minimum Gasteiger partial charge on any atom is -0.616 e. The monoisotopic (exact) mass is 393 g/mol. The average molecular weight is 394 g/mol. The third-order valence-electron chi connectivity index (χ3n) is 4.18. The number of aliphatic hydroxyl groups excluding tert-OH is 1. The average Bonchev–Trinajstić information content (AvgIpc) is 2.86. The standard InChI is InChI=1S/C17H31NO5S2/c1-16(2,3)14(19)12-25(22)9-8-24(21)7-6-17(4,5)10-13-11-23-18-15(13)20/h11,14,19H,6-10,12H2,1-5H3,(H,18,20). The van der Waals surface area contributed by atoms with Crippen LogP contribution in [0.4, 0.5) is 0 Å². The third-order valence-corrected chi connectivity index (χ3v) is 7.10. The van der Waals surface area contributed by atoms with Gasteiger partial charge in [0.15, 0.2) is 0 Å². The summed E-state index contributed by atoms with van der Waals surface area (Å²) >= 11 is -2.22. The first-order valence-corrected chi connectivity index (χ1v) is 11.4. The SMILES string of the molecule is CC(C)(CC[S+]([O-])CC[S+]([O-])CC(O)C(C)(C)C)Cc1conc1O. The van der Waals surface area contributed by atoms with Gasteiger partial charge in [-0.3, -0.25) is 0 Å². The third kappa shape index (κ3) is 8.68. The molecule has 0 fully saturated rings. The number of hydrogen-bond acceptors (Lipinski definition) is 6. The molecule has 1 rings (SSSR count). The van der Waals surface area contributed by atoms with Crippen LogP contribution in [-0.4, -0.2) is 53.6 Å². The van der Waals surface area contributed by atoms with Gasteiger partial charge in [0, 0.05) is 0 Å². The van der Waals surface area contributed by atoms with Crippen LogP contribution in [0.15, 0.2) is 10.8 Å². The quantitative estimate of drug-likeness (QED) is 0.590. The number of aliphatic hydroxyl groups is 1. The number of aromatic nitrogens is 1. The van der Waals surface area contributed by atoms with Gasteiger partial charge in [-0.25, -0.2) is 0 Å². The maximum absolute atomic E-state index is 12.2. The Balaban J connectivity index is 2.32. The maximum atomic E-state index is 12.2. The largest absolute Gasteiger partial charge is 0.616 e. The van der Waals surface area contributed by atoms with E-state index in [1.165, 1.54) is 6.26 Å². The molecule has 0 bridgehead atoms. The van der Waals surface area contributed by atoms with E-state index >= 15 is 0 Å². The fourth-order valence-corrected chi connectivity index (χ4v) is 5.65. The van der Waals surface area contributed by atoms with Crippen LogP contribution in [0.25, 0.3) is 0 Å². The van der Waals surface area contributed by atoms with Gasteiger partial charge in [0.05, 0.1) is 5.56 Å². The van der Waals surface area contributed by atoms with Gasteiger partial charge in [0.25, 0.3) is 5.88 Å². The fraction of sp³-hybridized carbons (Fsp3) is 0.824. The normalized spacial score (nSPS) is 16.6. The Bertz CT molecular complexity index is 515. The van der Waals surface area contributed by atoms with Gasteiger partial charge in [0.2, 0.25) is 0 Å². The molecule has 0 radical (unpaired) electrons. The Kier molecular flexibility index (Phi) is 8.60. The van der Waals surface area contributed by atoms with Gasteiger partial charge in [-0.05, 0) is 51.2 Å². The van der Waals surface area contributed by atoms with Crippen molar-refractivity contribution in [2.24, 2.45) is 10.8 Å². The smallest absolute Gasteiger partial charge is 0.254 e. The molecule has 0 aliphatic heterocycles. The summed E-state index contributed by atoms with van der Waals surface area (Å²) in [4.78, 5) is 0. The zero-order valence-corrected chi connectivity index (χ0v) is 17.4. The number of rotatable bonds is 10. The Morgan fingerprint density at radius 3 is 2.24 bits per heavy atom. The van der Waals surface area contributed by atoms with Gasteiger partial charge < -0.3 is 23.8 Å². The van der Waals surface area contributed by atoms with Crippen molar-refractivity contribution < 1.29 is 23.8 Å². The van der Waals surface area contributed by atoms with E-state index in [2.05, 4.69) is 5.16 Å². The summed E-state index contributed by atoms with van der Waals surface area (Å²) in [6.45, 7) is 9.79. The van der Waals surface area contributed by atoms with Crippen LogP contribution in [-0.2, 0) is 28.8 Å². The van der Waals surface area contributed by atoms with Crippen LogP contribution in [0.5, 0.6) is 5.88 Å². The molecular formula is C17H31NO5S2. The Morgan fingerprint density at radius 1 is 1.12 bits per heavy atom. The molecule has 3 atom stereocenters. The van der Waals surface area contributed by atoms with E-state index in [0.717, 1.165) is 0 Å². The van der Waals surface area contributed by atoms with E-state index in [9.17, 15) is 19.3 Å². The van der Waals surface area contributed by atoms with E-state index in [4.69, 9.17) is 4.52 Å². The van der Waals surface area contributed by atoms with Gasteiger partial charge in [-0.1, -0.05) is 34.6 Å². The highest BCUT2D eigenvalue weighted by Gasteiger charge is 2.28.